The maximum absolute atomic E-state index is 13.5. The number of H-pyrrole nitrogens is 1. The Morgan fingerprint density at radius 1 is 1.06 bits per heavy atom. The molecule has 0 atom stereocenters. The van der Waals surface area contributed by atoms with E-state index in [-0.39, 0.29) is 5.69 Å². The second kappa shape index (κ2) is 7.20. The highest BCUT2D eigenvalue weighted by Gasteiger charge is 2.25. The molecule has 5 aromatic rings. The number of hydrogen-bond donors (Lipinski definition) is 1. The summed E-state index contributed by atoms with van der Waals surface area (Å²) in [6, 6.07) is 12.1. The van der Waals surface area contributed by atoms with Gasteiger partial charge in [0.1, 0.15) is 5.82 Å². The summed E-state index contributed by atoms with van der Waals surface area (Å²) < 4.78 is 15.0. The molecule has 32 heavy (non-hydrogen) atoms. The van der Waals surface area contributed by atoms with Crippen molar-refractivity contribution in [1.29, 1.82) is 0 Å². The van der Waals surface area contributed by atoms with E-state index in [9.17, 15) is 9.18 Å². The minimum absolute atomic E-state index is 0.375. The Morgan fingerprint density at radius 3 is 2.53 bits per heavy atom. The van der Waals surface area contributed by atoms with Crippen LogP contribution in [0, 0.1) is 5.95 Å². The van der Waals surface area contributed by atoms with Gasteiger partial charge in [-0.05, 0) is 24.3 Å². The summed E-state index contributed by atoms with van der Waals surface area (Å²) in [5, 5.41) is 7.84. The molecule has 0 saturated heterocycles. The zero-order valence-electron chi connectivity index (χ0n) is 17.5. The Labute approximate surface area is 187 Å². The van der Waals surface area contributed by atoms with Crippen LogP contribution in [0.1, 0.15) is 26.6 Å². The molecule has 1 N–H and O–H groups in total. The van der Waals surface area contributed by atoms with Crippen molar-refractivity contribution >= 4 is 28.3 Å². The number of aromatic nitrogens is 6. The summed E-state index contributed by atoms with van der Waals surface area (Å²) >= 11 is 6.50. The summed E-state index contributed by atoms with van der Waals surface area (Å²) in [5.41, 5.74) is 2.62. The van der Waals surface area contributed by atoms with Gasteiger partial charge in [-0.25, -0.2) is 29.2 Å². The Balaban J connectivity index is 1.94. The van der Waals surface area contributed by atoms with Crippen LogP contribution in [-0.4, -0.2) is 29.5 Å². The van der Waals surface area contributed by atoms with Crippen LogP contribution in [0.2, 0.25) is 5.02 Å². The molecule has 0 radical (unpaired) electrons. The summed E-state index contributed by atoms with van der Waals surface area (Å²) in [6.45, 7) is 5.90. The molecular weight excluding hydrogens is 431 g/mol. The highest BCUT2D eigenvalue weighted by Crippen LogP contribution is 2.37. The number of fused-ring (bicyclic) bond motifs is 3. The van der Waals surface area contributed by atoms with Gasteiger partial charge in [-0.2, -0.15) is 9.49 Å². The van der Waals surface area contributed by atoms with Crippen molar-refractivity contribution in [2.75, 3.05) is 0 Å². The van der Waals surface area contributed by atoms with Crippen LogP contribution in [0.5, 0.6) is 0 Å². The Kier molecular flexibility index (Phi) is 4.56. The maximum Gasteiger partial charge on any atom is 0.349 e. The standard InChI is InChI=1S/C23H18ClFN6O/c1-23(2,3)21-28-19-15(20-29-30-22(32)31(20)21)10-14(12-8-9-17(25)26-11-12)18(27-19)13-6-4-5-7-16(13)24/h4-11H,1-3H3,(H,30,32). The molecule has 160 valence electrons. The number of hydrogen-bond acceptors (Lipinski definition) is 5. The molecule has 0 aliphatic rings. The van der Waals surface area contributed by atoms with Crippen molar-refractivity contribution in [3.8, 4) is 22.4 Å². The molecule has 0 bridgehead atoms. The lowest BCUT2D eigenvalue weighted by Gasteiger charge is -2.20. The third kappa shape index (κ3) is 3.23. The average Bonchev–Trinajstić information content (AvgIpc) is 3.14. The van der Waals surface area contributed by atoms with Gasteiger partial charge in [-0.1, -0.05) is 50.6 Å². The molecule has 4 aromatic heterocycles. The molecular formula is C23H18ClFN6O. The van der Waals surface area contributed by atoms with Gasteiger partial charge in [0.2, 0.25) is 5.95 Å². The van der Waals surface area contributed by atoms with Gasteiger partial charge in [-0.3, -0.25) is 0 Å². The van der Waals surface area contributed by atoms with E-state index >= 15 is 0 Å². The van der Waals surface area contributed by atoms with Crippen LogP contribution in [0.3, 0.4) is 0 Å². The number of aromatic amines is 1. The lowest BCUT2D eigenvalue weighted by Crippen LogP contribution is -2.25. The van der Waals surface area contributed by atoms with E-state index in [1.807, 2.05) is 45.0 Å². The number of rotatable bonds is 2. The first-order valence-electron chi connectivity index (χ1n) is 9.93. The predicted molar refractivity (Wildman–Crippen MR) is 121 cm³/mol. The molecule has 0 unspecified atom stereocenters. The number of benzene rings is 1. The van der Waals surface area contributed by atoms with E-state index in [0.717, 1.165) is 0 Å². The van der Waals surface area contributed by atoms with Crippen LogP contribution >= 0.6 is 11.6 Å². The number of nitrogens with zero attached hydrogens (tertiary/aromatic N) is 5. The first kappa shape index (κ1) is 20.3. The van der Waals surface area contributed by atoms with E-state index < -0.39 is 11.4 Å². The first-order valence-corrected chi connectivity index (χ1v) is 10.3. The van der Waals surface area contributed by atoms with Crippen molar-refractivity contribution in [3.63, 3.8) is 0 Å². The Morgan fingerprint density at radius 2 is 1.84 bits per heavy atom. The third-order valence-electron chi connectivity index (χ3n) is 5.18. The lowest BCUT2D eigenvalue weighted by atomic mass is 9.95. The molecule has 7 nitrogen and oxygen atoms in total. The minimum atomic E-state index is -0.584. The van der Waals surface area contributed by atoms with Crippen molar-refractivity contribution in [3.05, 3.63) is 75.9 Å². The largest absolute Gasteiger partial charge is 0.349 e. The monoisotopic (exact) mass is 448 g/mol. The van der Waals surface area contributed by atoms with Gasteiger partial charge >= 0.3 is 5.69 Å². The normalized spacial score (nSPS) is 12.0. The summed E-state index contributed by atoms with van der Waals surface area (Å²) in [4.78, 5) is 25.9. The van der Waals surface area contributed by atoms with Gasteiger partial charge in [-0.15, -0.1) is 0 Å². The van der Waals surface area contributed by atoms with Crippen LogP contribution < -0.4 is 5.69 Å². The van der Waals surface area contributed by atoms with Crippen LogP contribution in [-0.2, 0) is 5.41 Å². The number of nitrogens with one attached hydrogen (secondary N) is 1. The molecule has 0 spiro atoms. The fraction of sp³-hybridized carbons (Fsp3) is 0.174. The maximum atomic E-state index is 13.5. The Bertz CT molecular complexity index is 1550. The van der Waals surface area contributed by atoms with Crippen LogP contribution in [0.15, 0.2) is 53.5 Å². The van der Waals surface area contributed by atoms with Gasteiger partial charge in [0, 0.05) is 33.3 Å². The van der Waals surface area contributed by atoms with Crippen molar-refractivity contribution in [2.24, 2.45) is 0 Å². The summed E-state index contributed by atoms with van der Waals surface area (Å²) in [6.07, 6.45) is 1.43. The predicted octanol–water partition coefficient (Wildman–Crippen LogP) is 4.78. The summed E-state index contributed by atoms with van der Waals surface area (Å²) in [5.74, 6) is -0.0490. The number of pyridine rings is 2. The SMILES string of the molecule is CC(C)(C)c1nc2nc(-c3ccccc3Cl)c(-c3ccc(F)nc3)cc2c2n[nH]c(=O)n12. The second-order valence-corrected chi connectivity index (χ2v) is 8.89. The fourth-order valence-electron chi connectivity index (χ4n) is 3.69. The van der Waals surface area contributed by atoms with E-state index in [1.54, 1.807) is 12.1 Å². The highest BCUT2D eigenvalue weighted by atomic mass is 35.5. The minimum Gasteiger partial charge on any atom is -0.246 e. The van der Waals surface area contributed by atoms with E-state index in [0.29, 0.717) is 49.9 Å². The van der Waals surface area contributed by atoms with Crippen molar-refractivity contribution in [1.82, 2.24) is 29.5 Å². The summed E-state index contributed by atoms with van der Waals surface area (Å²) in [7, 11) is 0. The molecule has 5 rings (SSSR count). The lowest BCUT2D eigenvalue weighted by molar-refractivity contribution is 0.535. The van der Waals surface area contributed by atoms with Gasteiger partial charge in [0.15, 0.2) is 11.3 Å². The van der Waals surface area contributed by atoms with Crippen molar-refractivity contribution in [2.45, 2.75) is 26.2 Å². The molecule has 0 aliphatic heterocycles. The Hall–Kier alpha value is -3.65. The van der Waals surface area contributed by atoms with Gasteiger partial charge < -0.3 is 0 Å². The molecule has 1 aromatic carbocycles. The van der Waals surface area contributed by atoms with Gasteiger partial charge in [0.25, 0.3) is 0 Å². The average molecular weight is 449 g/mol. The molecule has 4 heterocycles. The van der Waals surface area contributed by atoms with Crippen LogP contribution in [0.25, 0.3) is 39.1 Å². The van der Waals surface area contributed by atoms with Gasteiger partial charge in [0.05, 0.1) is 11.1 Å². The molecule has 0 aliphatic carbocycles. The smallest absolute Gasteiger partial charge is 0.246 e. The second-order valence-electron chi connectivity index (χ2n) is 8.48. The van der Waals surface area contributed by atoms with E-state index in [4.69, 9.17) is 21.6 Å². The van der Waals surface area contributed by atoms with E-state index in [2.05, 4.69) is 15.2 Å². The molecule has 0 fully saturated rings. The van der Waals surface area contributed by atoms with E-state index in [1.165, 1.54) is 16.7 Å². The topological polar surface area (TPSA) is 88.8 Å². The zero-order valence-corrected chi connectivity index (χ0v) is 18.3. The fourth-order valence-corrected chi connectivity index (χ4v) is 3.92. The molecule has 0 amide bonds. The first-order chi connectivity index (χ1) is 15.2. The molecule has 0 saturated carbocycles. The van der Waals surface area contributed by atoms with Crippen molar-refractivity contribution < 1.29 is 4.39 Å². The third-order valence-corrected chi connectivity index (χ3v) is 5.51. The molecule has 9 heteroatoms. The van der Waals surface area contributed by atoms with Crippen LogP contribution in [0.4, 0.5) is 4.39 Å². The number of halogens is 2. The zero-order chi connectivity index (χ0) is 22.6. The quantitative estimate of drug-likeness (QED) is 0.392. The highest BCUT2D eigenvalue weighted by molar-refractivity contribution is 6.33.